The van der Waals surface area contributed by atoms with Crippen LogP contribution in [0.5, 0.6) is 0 Å². The molecule has 2 aliphatic rings. The minimum Gasteiger partial charge on any atom is -0.309 e. The lowest BCUT2D eigenvalue weighted by Crippen LogP contribution is -2.44. The highest BCUT2D eigenvalue weighted by atomic mass is 32.1. The highest BCUT2D eigenvalue weighted by molar-refractivity contribution is 7.09. The van der Waals surface area contributed by atoms with Gasteiger partial charge < -0.3 is 10.2 Å². The van der Waals surface area contributed by atoms with Crippen LogP contribution in [0.4, 0.5) is 0 Å². The molecule has 2 saturated heterocycles. The summed E-state index contributed by atoms with van der Waals surface area (Å²) in [4.78, 5) is 9.73. The normalized spacial score (nSPS) is 31.0. The highest BCUT2D eigenvalue weighted by Crippen LogP contribution is 2.30. The molecule has 0 bridgehead atoms. The van der Waals surface area contributed by atoms with E-state index < -0.39 is 0 Å². The number of thiazole rings is 1. The third-order valence-electron chi connectivity index (χ3n) is 4.09. The van der Waals surface area contributed by atoms with Gasteiger partial charge in [0.15, 0.2) is 0 Å². The molecule has 1 aromatic heterocycles. The zero-order valence-electron chi connectivity index (χ0n) is 11.2. The molecule has 2 atom stereocenters. The SMILES string of the molecule is CN1CCN(C)C(c2nc([C@@H]3CCCN3)cs2)C1. The molecule has 1 N–H and O–H groups in total. The van der Waals surface area contributed by atoms with E-state index in [2.05, 4.69) is 34.6 Å². The molecule has 1 aromatic rings. The van der Waals surface area contributed by atoms with E-state index in [1.165, 1.54) is 23.5 Å². The van der Waals surface area contributed by atoms with Gasteiger partial charge in [-0.25, -0.2) is 4.98 Å². The van der Waals surface area contributed by atoms with Crippen LogP contribution in [-0.4, -0.2) is 55.1 Å². The van der Waals surface area contributed by atoms with Gasteiger partial charge in [0.05, 0.1) is 17.8 Å². The van der Waals surface area contributed by atoms with E-state index in [1.807, 2.05) is 11.3 Å². The summed E-state index contributed by atoms with van der Waals surface area (Å²) in [5.74, 6) is 0. The second kappa shape index (κ2) is 5.25. The average molecular weight is 266 g/mol. The van der Waals surface area contributed by atoms with Crippen molar-refractivity contribution in [3.05, 3.63) is 16.1 Å². The maximum Gasteiger partial charge on any atom is 0.111 e. The number of nitrogens with zero attached hydrogens (tertiary/aromatic N) is 3. The molecule has 1 unspecified atom stereocenters. The Balaban J connectivity index is 1.75. The molecule has 0 radical (unpaired) electrons. The van der Waals surface area contributed by atoms with Crippen molar-refractivity contribution in [1.82, 2.24) is 20.1 Å². The molecule has 5 heteroatoms. The van der Waals surface area contributed by atoms with Gasteiger partial charge in [-0.2, -0.15) is 0 Å². The van der Waals surface area contributed by atoms with Crippen molar-refractivity contribution < 1.29 is 0 Å². The van der Waals surface area contributed by atoms with Crippen LogP contribution in [0.3, 0.4) is 0 Å². The summed E-state index contributed by atoms with van der Waals surface area (Å²) < 4.78 is 0. The quantitative estimate of drug-likeness (QED) is 0.879. The van der Waals surface area contributed by atoms with Gasteiger partial charge in [-0.15, -0.1) is 11.3 Å². The molecule has 0 aliphatic carbocycles. The Kier molecular flexibility index (Phi) is 3.66. The predicted molar refractivity (Wildman–Crippen MR) is 75.0 cm³/mol. The van der Waals surface area contributed by atoms with E-state index in [0.717, 1.165) is 26.2 Å². The molecule has 2 aliphatic heterocycles. The van der Waals surface area contributed by atoms with Crippen molar-refractivity contribution >= 4 is 11.3 Å². The van der Waals surface area contributed by atoms with Gasteiger partial charge in [0.25, 0.3) is 0 Å². The van der Waals surface area contributed by atoms with Crippen LogP contribution in [0.2, 0.25) is 0 Å². The average Bonchev–Trinajstić information content (AvgIpc) is 3.00. The standard InChI is InChI=1S/C13H22N4S/c1-16-6-7-17(2)12(8-16)13-15-11(9-18-13)10-4-3-5-14-10/h9-10,12,14H,3-8H2,1-2H3/t10-,12?/m0/s1. The van der Waals surface area contributed by atoms with E-state index in [-0.39, 0.29) is 0 Å². The lowest BCUT2D eigenvalue weighted by molar-refractivity contribution is 0.115. The fourth-order valence-corrected chi connectivity index (χ4v) is 3.86. The summed E-state index contributed by atoms with van der Waals surface area (Å²) in [6.45, 7) is 4.54. The maximum absolute atomic E-state index is 4.89. The number of hydrogen-bond donors (Lipinski definition) is 1. The van der Waals surface area contributed by atoms with Crippen molar-refractivity contribution in [1.29, 1.82) is 0 Å². The Labute approximate surface area is 113 Å². The fourth-order valence-electron chi connectivity index (χ4n) is 2.83. The van der Waals surface area contributed by atoms with Crippen LogP contribution in [0, 0.1) is 0 Å². The minimum absolute atomic E-state index is 0.476. The summed E-state index contributed by atoms with van der Waals surface area (Å²) >= 11 is 1.83. The van der Waals surface area contributed by atoms with Gasteiger partial charge >= 0.3 is 0 Å². The van der Waals surface area contributed by atoms with E-state index in [9.17, 15) is 0 Å². The maximum atomic E-state index is 4.89. The fraction of sp³-hybridized carbons (Fsp3) is 0.769. The summed E-state index contributed by atoms with van der Waals surface area (Å²) in [5.41, 5.74) is 1.26. The van der Waals surface area contributed by atoms with Gasteiger partial charge in [-0.3, -0.25) is 4.90 Å². The van der Waals surface area contributed by atoms with Crippen LogP contribution in [-0.2, 0) is 0 Å². The lowest BCUT2D eigenvalue weighted by atomic mass is 10.1. The van der Waals surface area contributed by atoms with Gasteiger partial charge in [0.1, 0.15) is 5.01 Å². The molecule has 0 aromatic carbocycles. The third-order valence-corrected chi connectivity index (χ3v) is 5.06. The number of likely N-dealkylation sites (N-methyl/N-ethyl adjacent to an activating group) is 2. The van der Waals surface area contributed by atoms with E-state index in [4.69, 9.17) is 4.98 Å². The van der Waals surface area contributed by atoms with Crippen LogP contribution >= 0.6 is 11.3 Å². The van der Waals surface area contributed by atoms with E-state index >= 15 is 0 Å². The topological polar surface area (TPSA) is 31.4 Å². The van der Waals surface area contributed by atoms with Gasteiger partial charge in [0, 0.05) is 25.0 Å². The molecule has 18 heavy (non-hydrogen) atoms. The van der Waals surface area contributed by atoms with Crippen molar-refractivity contribution in [2.24, 2.45) is 0 Å². The highest BCUT2D eigenvalue weighted by Gasteiger charge is 2.27. The zero-order valence-corrected chi connectivity index (χ0v) is 12.0. The van der Waals surface area contributed by atoms with Gasteiger partial charge in [-0.1, -0.05) is 0 Å². The first kappa shape index (κ1) is 12.5. The molecule has 100 valence electrons. The zero-order chi connectivity index (χ0) is 12.5. The Morgan fingerprint density at radius 3 is 3.06 bits per heavy atom. The first-order chi connectivity index (χ1) is 8.74. The summed E-state index contributed by atoms with van der Waals surface area (Å²) in [5, 5.41) is 7.06. The predicted octanol–water partition coefficient (Wildman–Crippen LogP) is 1.49. The van der Waals surface area contributed by atoms with Crippen molar-refractivity contribution in [2.45, 2.75) is 24.9 Å². The summed E-state index contributed by atoms with van der Waals surface area (Å²) in [6.07, 6.45) is 2.52. The number of hydrogen-bond acceptors (Lipinski definition) is 5. The Hall–Kier alpha value is -0.490. The van der Waals surface area contributed by atoms with Gasteiger partial charge in [0.2, 0.25) is 0 Å². The third kappa shape index (κ3) is 2.45. The van der Waals surface area contributed by atoms with Gasteiger partial charge in [-0.05, 0) is 33.5 Å². The van der Waals surface area contributed by atoms with Crippen LogP contribution < -0.4 is 5.32 Å². The lowest BCUT2D eigenvalue weighted by Gasteiger charge is -2.36. The molecule has 0 spiro atoms. The van der Waals surface area contributed by atoms with Crippen molar-refractivity contribution in [3.8, 4) is 0 Å². The Morgan fingerprint density at radius 1 is 1.39 bits per heavy atom. The molecular formula is C13H22N4S. The number of nitrogens with one attached hydrogen (secondary N) is 1. The molecule has 2 fully saturated rings. The van der Waals surface area contributed by atoms with E-state index in [0.29, 0.717) is 12.1 Å². The van der Waals surface area contributed by atoms with Crippen molar-refractivity contribution in [2.75, 3.05) is 40.3 Å². The number of piperazine rings is 1. The summed E-state index contributed by atoms with van der Waals surface area (Å²) in [7, 11) is 4.42. The van der Waals surface area contributed by atoms with E-state index in [1.54, 1.807) is 0 Å². The largest absolute Gasteiger partial charge is 0.309 e. The van der Waals surface area contributed by atoms with Crippen LogP contribution in [0.1, 0.15) is 35.6 Å². The molecule has 3 rings (SSSR count). The Bertz CT molecular complexity index is 399. The second-order valence-corrected chi connectivity index (χ2v) is 6.41. The smallest absolute Gasteiger partial charge is 0.111 e. The first-order valence-corrected chi connectivity index (χ1v) is 7.69. The summed E-state index contributed by atoms with van der Waals surface area (Å²) in [6, 6.07) is 0.977. The monoisotopic (exact) mass is 266 g/mol. The second-order valence-electron chi connectivity index (χ2n) is 5.52. The molecule has 4 nitrogen and oxygen atoms in total. The van der Waals surface area contributed by atoms with Crippen LogP contribution in [0.25, 0.3) is 0 Å². The van der Waals surface area contributed by atoms with Crippen LogP contribution in [0.15, 0.2) is 5.38 Å². The molecule has 3 heterocycles. The number of rotatable bonds is 2. The van der Waals surface area contributed by atoms with Crippen molar-refractivity contribution in [3.63, 3.8) is 0 Å². The minimum atomic E-state index is 0.476. The number of aromatic nitrogens is 1. The molecular weight excluding hydrogens is 244 g/mol. The molecule has 0 saturated carbocycles. The first-order valence-electron chi connectivity index (χ1n) is 6.81. The Morgan fingerprint density at radius 2 is 2.28 bits per heavy atom. The molecule has 0 amide bonds.